The SMILES string of the molecule is Cc1nc(Cl)c(Nc2cc(C(F)(F)F)ccc2Cl)nc1C. The van der Waals surface area contributed by atoms with Crippen molar-refractivity contribution >= 4 is 34.7 Å². The maximum absolute atomic E-state index is 12.7. The van der Waals surface area contributed by atoms with E-state index in [1.165, 1.54) is 0 Å². The van der Waals surface area contributed by atoms with Crippen LogP contribution in [-0.4, -0.2) is 9.97 Å². The summed E-state index contributed by atoms with van der Waals surface area (Å²) in [6.45, 7) is 3.45. The molecule has 0 saturated heterocycles. The second-order valence-electron chi connectivity index (χ2n) is 4.35. The van der Waals surface area contributed by atoms with Crippen LogP contribution >= 0.6 is 23.2 Å². The van der Waals surface area contributed by atoms with Gasteiger partial charge in [-0.1, -0.05) is 23.2 Å². The van der Waals surface area contributed by atoms with Gasteiger partial charge >= 0.3 is 6.18 Å². The predicted octanol–water partition coefficient (Wildman–Crippen LogP) is 5.16. The minimum atomic E-state index is -4.46. The molecule has 0 spiro atoms. The summed E-state index contributed by atoms with van der Waals surface area (Å²) in [4.78, 5) is 8.20. The Morgan fingerprint density at radius 1 is 1.05 bits per heavy atom. The number of alkyl halides is 3. The summed E-state index contributed by atoms with van der Waals surface area (Å²) < 4.78 is 38.1. The molecule has 0 aliphatic heterocycles. The molecule has 0 fully saturated rings. The van der Waals surface area contributed by atoms with Gasteiger partial charge in [0.15, 0.2) is 11.0 Å². The fraction of sp³-hybridized carbons (Fsp3) is 0.231. The van der Waals surface area contributed by atoms with Crippen LogP contribution in [0.3, 0.4) is 0 Å². The maximum Gasteiger partial charge on any atom is 0.416 e. The number of nitrogens with one attached hydrogen (secondary N) is 1. The lowest BCUT2D eigenvalue weighted by atomic mass is 10.2. The zero-order valence-electron chi connectivity index (χ0n) is 11.0. The van der Waals surface area contributed by atoms with Crippen LogP contribution in [0.15, 0.2) is 18.2 Å². The molecular formula is C13H10Cl2F3N3. The Labute approximate surface area is 129 Å². The van der Waals surface area contributed by atoms with Crippen LogP contribution in [0.1, 0.15) is 17.0 Å². The quantitative estimate of drug-likeness (QED) is 0.823. The normalized spacial score (nSPS) is 11.6. The molecule has 1 aromatic heterocycles. The van der Waals surface area contributed by atoms with Crippen molar-refractivity contribution in [2.45, 2.75) is 20.0 Å². The van der Waals surface area contributed by atoms with Gasteiger partial charge in [0.25, 0.3) is 0 Å². The second kappa shape index (κ2) is 5.69. The van der Waals surface area contributed by atoms with E-state index in [4.69, 9.17) is 23.2 Å². The second-order valence-corrected chi connectivity index (χ2v) is 5.12. The summed E-state index contributed by atoms with van der Waals surface area (Å²) in [6, 6.07) is 2.96. The molecule has 0 aliphatic rings. The van der Waals surface area contributed by atoms with Gasteiger partial charge in [-0.3, -0.25) is 0 Å². The van der Waals surface area contributed by atoms with Crippen LogP contribution in [-0.2, 0) is 6.18 Å². The molecule has 1 heterocycles. The summed E-state index contributed by atoms with van der Waals surface area (Å²) in [5, 5.41) is 2.87. The molecule has 0 bridgehead atoms. The van der Waals surface area contributed by atoms with E-state index in [0.29, 0.717) is 11.4 Å². The van der Waals surface area contributed by atoms with Gasteiger partial charge in [-0.2, -0.15) is 13.2 Å². The van der Waals surface area contributed by atoms with E-state index in [9.17, 15) is 13.2 Å². The van der Waals surface area contributed by atoms with Gasteiger partial charge in [-0.05, 0) is 32.0 Å². The third-order valence-electron chi connectivity index (χ3n) is 2.81. The van der Waals surface area contributed by atoms with E-state index >= 15 is 0 Å². The highest BCUT2D eigenvalue weighted by atomic mass is 35.5. The highest BCUT2D eigenvalue weighted by molar-refractivity contribution is 6.34. The minimum Gasteiger partial charge on any atom is -0.336 e. The molecule has 0 amide bonds. The van der Waals surface area contributed by atoms with Crippen molar-refractivity contribution in [1.29, 1.82) is 0 Å². The number of benzene rings is 1. The molecule has 0 unspecified atom stereocenters. The number of hydrogen-bond acceptors (Lipinski definition) is 3. The van der Waals surface area contributed by atoms with Gasteiger partial charge in [0.05, 0.1) is 27.7 Å². The summed E-state index contributed by atoms with van der Waals surface area (Å²) >= 11 is 11.8. The molecule has 2 aromatic rings. The van der Waals surface area contributed by atoms with E-state index in [-0.39, 0.29) is 21.7 Å². The number of halogens is 5. The molecular weight excluding hydrogens is 326 g/mol. The monoisotopic (exact) mass is 335 g/mol. The molecule has 0 atom stereocenters. The van der Waals surface area contributed by atoms with Crippen LogP contribution in [0.5, 0.6) is 0 Å². The van der Waals surface area contributed by atoms with Gasteiger partial charge in [-0.25, -0.2) is 9.97 Å². The molecule has 1 N–H and O–H groups in total. The molecule has 1 aromatic carbocycles. The number of rotatable bonds is 2. The number of anilines is 2. The number of aromatic nitrogens is 2. The Morgan fingerprint density at radius 2 is 1.67 bits per heavy atom. The van der Waals surface area contributed by atoms with Crippen molar-refractivity contribution in [3.63, 3.8) is 0 Å². The first-order chi connectivity index (χ1) is 9.68. The van der Waals surface area contributed by atoms with Gasteiger partial charge in [0, 0.05) is 0 Å². The molecule has 8 heteroatoms. The average molecular weight is 336 g/mol. The molecule has 0 saturated carbocycles. The van der Waals surface area contributed by atoms with Crippen molar-refractivity contribution < 1.29 is 13.2 Å². The largest absolute Gasteiger partial charge is 0.416 e. The molecule has 0 aliphatic carbocycles. The van der Waals surface area contributed by atoms with Crippen molar-refractivity contribution in [2.75, 3.05) is 5.32 Å². The van der Waals surface area contributed by atoms with E-state index < -0.39 is 11.7 Å². The fourth-order valence-electron chi connectivity index (χ4n) is 1.58. The van der Waals surface area contributed by atoms with Crippen LogP contribution in [0.25, 0.3) is 0 Å². The Kier molecular flexibility index (Phi) is 4.30. The molecule has 2 rings (SSSR count). The third-order valence-corrected chi connectivity index (χ3v) is 3.40. The molecule has 112 valence electrons. The highest BCUT2D eigenvalue weighted by Gasteiger charge is 2.31. The lowest BCUT2D eigenvalue weighted by Gasteiger charge is -2.13. The Morgan fingerprint density at radius 3 is 2.29 bits per heavy atom. The summed E-state index contributed by atoms with van der Waals surface area (Å²) in [6.07, 6.45) is -4.46. The smallest absolute Gasteiger partial charge is 0.336 e. The highest BCUT2D eigenvalue weighted by Crippen LogP contribution is 2.35. The Bertz CT molecular complexity index is 687. The number of aryl methyl sites for hydroxylation is 2. The van der Waals surface area contributed by atoms with Crippen molar-refractivity contribution in [1.82, 2.24) is 9.97 Å². The van der Waals surface area contributed by atoms with E-state index in [2.05, 4.69) is 15.3 Å². The van der Waals surface area contributed by atoms with Crippen LogP contribution in [0, 0.1) is 13.8 Å². The Hall–Kier alpha value is -1.53. The average Bonchev–Trinajstić information content (AvgIpc) is 2.37. The van der Waals surface area contributed by atoms with Crippen LogP contribution in [0.4, 0.5) is 24.7 Å². The predicted molar refractivity (Wildman–Crippen MR) is 76.3 cm³/mol. The first-order valence-corrected chi connectivity index (χ1v) is 6.58. The molecule has 3 nitrogen and oxygen atoms in total. The molecule has 21 heavy (non-hydrogen) atoms. The maximum atomic E-state index is 12.7. The van der Waals surface area contributed by atoms with E-state index in [1.807, 2.05) is 0 Å². The number of hydrogen-bond donors (Lipinski definition) is 1. The number of nitrogens with zero attached hydrogens (tertiary/aromatic N) is 2. The van der Waals surface area contributed by atoms with E-state index in [0.717, 1.165) is 18.2 Å². The first-order valence-electron chi connectivity index (χ1n) is 5.83. The summed E-state index contributed by atoms with van der Waals surface area (Å²) in [5.74, 6) is 0.154. The molecule has 0 radical (unpaired) electrons. The van der Waals surface area contributed by atoms with Gasteiger partial charge in [0.1, 0.15) is 0 Å². The topological polar surface area (TPSA) is 37.8 Å². The van der Waals surface area contributed by atoms with Crippen molar-refractivity contribution in [2.24, 2.45) is 0 Å². The van der Waals surface area contributed by atoms with Crippen LogP contribution in [0.2, 0.25) is 10.2 Å². The summed E-state index contributed by atoms with van der Waals surface area (Å²) in [7, 11) is 0. The lowest BCUT2D eigenvalue weighted by molar-refractivity contribution is -0.137. The zero-order chi connectivity index (χ0) is 15.8. The standard InChI is InChI=1S/C13H10Cl2F3N3/c1-6-7(2)20-12(11(15)19-6)21-10-5-8(13(16,17)18)3-4-9(10)14/h3-5H,1-2H3,(H,20,21). The summed E-state index contributed by atoms with van der Waals surface area (Å²) in [5.41, 5.74) is 0.499. The van der Waals surface area contributed by atoms with Crippen LogP contribution < -0.4 is 5.32 Å². The first kappa shape index (κ1) is 15.9. The lowest BCUT2D eigenvalue weighted by Crippen LogP contribution is -2.06. The van der Waals surface area contributed by atoms with Gasteiger partial charge in [0.2, 0.25) is 0 Å². The zero-order valence-corrected chi connectivity index (χ0v) is 12.5. The van der Waals surface area contributed by atoms with Crippen molar-refractivity contribution in [3.05, 3.63) is 45.3 Å². The van der Waals surface area contributed by atoms with E-state index in [1.54, 1.807) is 13.8 Å². The van der Waals surface area contributed by atoms with Gasteiger partial charge in [-0.15, -0.1) is 0 Å². The Balaban J connectivity index is 2.42. The minimum absolute atomic E-state index is 0.0611. The third kappa shape index (κ3) is 3.57. The fourth-order valence-corrected chi connectivity index (χ4v) is 1.96. The van der Waals surface area contributed by atoms with Crippen molar-refractivity contribution in [3.8, 4) is 0 Å². The van der Waals surface area contributed by atoms with Gasteiger partial charge < -0.3 is 5.32 Å².